The number of hydrogen-bond acceptors (Lipinski definition) is 2. The minimum atomic E-state index is 0.162. The zero-order valence-corrected chi connectivity index (χ0v) is 10.6. The minimum Gasteiger partial charge on any atom is -0.493 e. The quantitative estimate of drug-likeness (QED) is 0.755. The van der Waals surface area contributed by atoms with Crippen LogP contribution in [0.15, 0.2) is 60.8 Å². The lowest BCUT2D eigenvalue weighted by molar-refractivity contribution is 0.435. The first-order chi connectivity index (χ1) is 9.25. The van der Waals surface area contributed by atoms with Crippen LogP contribution in [0.2, 0.25) is 0 Å². The van der Waals surface area contributed by atoms with Crippen molar-refractivity contribution in [3.63, 3.8) is 0 Å². The van der Waals surface area contributed by atoms with Crippen molar-refractivity contribution >= 4 is 0 Å². The molecular weight excluding hydrogens is 236 g/mol. The molecule has 0 amide bonds. The molecule has 0 fully saturated rings. The van der Waals surface area contributed by atoms with Gasteiger partial charge < -0.3 is 5.11 Å². The third kappa shape index (κ3) is 2.10. The summed E-state index contributed by atoms with van der Waals surface area (Å²) in [5.41, 5.74) is 3.74. The van der Waals surface area contributed by atoms with Crippen molar-refractivity contribution in [3.05, 3.63) is 66.4 Å². The standard InChI is InChI=1S/C16H14N2O/c1-12-7-9-13(10-8-12)15-11-17-18(16(15)19)14-5-3-2-4-6-14/h2-11,19H,1H3. The Balaban J connectivity index is 2.06. The lowest BCUT2D eigenvalue weighted by Crippen LogP contribution is -1.94. The van der Waals surface area contributed by atoms with Crippen LogP contribution in [0.4, 0.5) is 0 Å². The van der Waals surface area contributed by atoms with E-state index in [1.54, 1.807) is 6.20 Å². The average Bonchev–Trinajstić information content (AvgIpc) is 2.83. The van der Waals surface area contributed by atoms with Gasteiger partial charge in [0.25, 0.3) is 0 Å². The fourth-order valence-corrected chi connectivity index (χ4v) is 2.04. The number of nitrogens with zero attached hydrogens (tertiary/aromatic N) is 2. The van der Waals surface area contributed by atoms with E-state index in [4.69, 9.17) is 0 Å². The molecule has 2 aromatic carbocycles. The van der Waals surface area contributed by atoms with E-state index in [9.17, 15) is 5.11 Å². The lowest BCUT2D eigenvalue weighted by Gasteiger charge is -2.04. The van der Waals surface area contributed by atoms with Crippen LogP contribution >= 0.6 is 0 Å². The third-order valence-corrected chi connectivity index (χ3v) is 3.11. The summed E-state index contributed by atoms with van der Waals surface area (Å²) >= 11 is 0. The Kier molecular flexibility index (Phi) is 2.80. The molecule has 0 saturated heterocycles. The van der Waals surface area contributed by atoms with Crippen LogP contribution in [0.3, 0.4) is 0 Å². The summed E-state index contributed by atoms with van der Waals surface area (Å²) in [6.45, 7) is 2.04. The zero-order chi connectivity index (χ0) is 13.2. The van der Waals surface area contributed by atoms with E-state index in [1.807, 2.05) is 61.5 Å². The minimum absolute atomic E-state index is 0.162. The van der Waals surface area contributed by atoms with Crippen LogP contribution in [0.5, 0.6) is 5.88 Å². The molecule has 0 aliphatic rings. The third-order valence-electron chi connectivity index (χ3n) is 3.11. The lowest BCUT2D eigenvalue weighted by atomic mass is 10.1. The molecular formula is C16H14N2O. The molecule has 1 heterocycles. The number of para-hydroxylation sites is 1. The number of hydrogen-bond donors (Lipinski definition) is 1. The molecule has 0 saturated carbocycles. The summed E-state index contributed by atoms with van der Waals surface area (Å²) < 4.78 is 1.54. The van der Waals surface area contributed by atoms with Crippen LogP contribution < -0.4 is 0 Å². The topological polar surface area (TPSA) is 38.0 Å². The largest absolute Gasteiger partial charge is 0.493 e. The smallest absolute Gasteiger partial charge is 0.222 e. The Morgan fingerprint density at radius 3 is 2.32 bits per heavy atom. The van der Waals surface area contributed by atoms with E-state index >= 15 is 0 Å². The highest BCUT2D eigenvalue weighted by molar-refractivity contribution is 5.68. The molecule has 0 spiro atoms. The molecule has 0 radical (unpaired) electrons. The zero-order valence-electron chi connectivity index (χ0n) is 10.6. The van der Waals surface area contributed by atoms with E-state index in [0.29, 0.717) is 0 Å². The number of aromatic hydroxyl groups is 1. The van der Waals surface area contributed by atoms with Crippen LogP contribution in [-0.4, -0.2) is 14.9 Å². The second-order valence-electron chi connectivity index (χ2n) is 4.50. The summed E-state index contributed by atoms with van der Waals surface area (Å²) in [6, 6.07) is 17.6. The molecule has 1 aromatic heterocycles. The molecule has 0 aliphatic carbocycles. The normalized spacial score (nSPS) is 10.6. The molecule has 3 aromatic rings. The summed E-state index contributed by atoms with van der Waals surface area (Å²) in [4.78, 5) is 0. The predicted octanol–water partition coefficient (Wildman–Crippen LogP) is 3.55. The van der Waals surface area contributed by atoms with Gasteiger partial charge in [-0.05, 0) is 24.6 Å². The summed E-state index contributed by atoms with van der Waals surface area (Å²) in [5, 5.41) is 14.6. The molecule has 19 heavy (non-hydrogen) atoms. The molecule has 0 atom stereocenters. The van der Waals surface area contributed by atoms with E-state index in [0.717, 1.165) is 16.8 Å². The molecule has 0 unspecified atom stereocenters. The van der Waals surface area contributed by atoms with E-state index < -0.39 is 0 Å². The van der Waals surface area contributed by atoms with Gasteiger partial charge in [0.2, 0.25) is 5.88 Å². The van der Waals surface area contributed by atoms with Crippen LogP contribution in [0.1, 0.15) is 5.56 Å². The molecule has 3 rings (SSSR count). The molecule has 94 valence electrons. The van der Waals surface area contributed by atoms with Crippen molar-refractivity contribution in [2.75, 3.05) is 0 Å². The van der Waals surface area contributed by atoms with Crippen molar-refractivity contribution in [3.8, 4) is 22.7 Å². The molecule has 3 heteroatoms. The molecule has 0 bridgehead atoms. The van der Waals surface area contributed by atoms with Gasteiger partial charge in [-0.25, -0.2) is 4.68 Å². The summed E-state index contributed by atoms with van der Waals surface area (Å²) in [6.07, 6.45) is 1.69. The number of rotatable bonds is 2. The van der Waals surface area contributed by atoms with E-state index in [1.165, 1.54) is 10.2 Å². The Labute approximate surface area is 111 Å². The second kappa shape index (κ2) is 4.61. The average molecular weight is 250 g/mol. The van der Waals surface area contributed by atoms with Crippen LogP contribution in [0, 0.1) is 6.92 Å². The maximum Gasteiger partial charge on any atom is 0.222 e. The monoisotopic (exact) mass is 250 g/mol. The first kappa shape index (κ1) is 11.5. The predicted molar refractivity (Wildman–Crippen MR) is 75.4 cm³/mol. The van der Waals surface area contributed by atoms with E-state index in [2.05, 4.69) is 5.10 Å². The second-order valence-corrected chi connectivity index (χ2v) is 4.50. The Hall–Kier alpha value is -2.55. The Morgan fingerprint density at radius 1 is 0.947 bits per heavy atom. The molecule has 3 nitrogen and oxygen atoms in total. The highest BCUT2D eigenvalue weighted by Crippen LogP contribution is 2.30. The van der Waals surface area contributed by atoms with Crippen molar-refractivity contribution in [2.24, 2.45) is 0 Å². The Bertz CT molecular complexity index is 685. The Morgan fingerprint density at radius 2 is 1.63 bits per heavy atom. The maximum atomic E-state index is 10.3. The van der Waals surface area contributed by atoms with E-state index in [-0.39, 0.29) is 5.88 Å². The highest BCUT2D eigenvalue weighted by atomic mass is 16.3. The molecule has 0 aliphatic heterocycles. The summed E-state index contributed by atoms with van der Waals surface area (Å²) in [7, 11) is 0. The first-order valence-corrected chi connectivity index (χ1v) is 6.15. The van der Waals surface area contributed by atoms with Gasteiger partial charge in [0.15, 0.2) is 0 Å². The summed E-state index contributed by atoms with van der Waals surface area (Å²) in [5.74, 6) is 0.162. The molecule has 1 N–H and O–H groups in total. The van der Waals surface area contributed by atoms with Gasteiger partial charge in [0.05, 0.1) is 17.4 Å². The van der Waals surface area contributed by atoms with Gasteiger partial charge in [-0.3, -0.25) is 0 Å². The van der Waals surface area contributed by atoms with Gasteiger partial charge >= 0.3 is 0 Å². The SMILES string of the molecule is Cc1ccc(-c2cnn(-c3ccccc3)c2O)cc1. The van der Waals surface area contributed by atoms with Crippen molar-refractivity contribution in [1.29, 1.82) is 0 Å². The first-order valence-electron chi connectivity index (χ1n) is 6.15. The highest BCUT2D eigenvalue weighted by Gasteiger charge is 2.12. The van der Waals surface area contributed by atoms with Gasteiger partial charge in [0.1, 0.15) is 0 Å². The van der Waals surface area contributed by atoms with Crippen LogP contribution in [0.25, 0.3) is 16.8 Å². The van der Waals surface area contributed by atoms with Gasteiger partial charge in [0, 0.05) is 0 Å². The van der Waals surface area contributed by atoms with Crippen molar-refractivity contribution in [2.45, 2.75) is 6.92 Å². The maximum absolute atomic E-state index is 10.3. The van der Waals surface area contributed by atoms with Gasteiger partial charge in [-0.1, -0.05) is 48.0 Å². The number of aromatic nitrogens is 2. The van der Waals surface area contributed by atoms with Crippen molar-refractivity contribution < 1.29 is 5.11 Å². The fraction of sp³-hybridized carbons (Fsp3) is 0.0625. The number of benzene rings is 2. The van der Waals surface area contributed by atoms with Gasteiger partial charge in [-0.2, -0.15) is 5.10 Å². The van der Waals surface area contributed by atoms with Crippen molar-refractivity contribution in [1.82, 2.24) is 9.78 Å². The number of aryl methyl sites for hydroxylation is 1. The van der Waals surface area contributed by atoms with Gasteiger partial charge in [-0.15, -0.1) is 0 Å². The fourth-order valence-electron chi connectivity index (χ4n) is 2.04. The van der Waals surface area contributed by atoms with Crippen LogP contribution in [-0.2, 0) is 0 Å².